The highest BCUT2D eigenvalue weighted by Crippen LogP contribution is 2.06. The summed E-state index contributed by atoms with van der Waals surface area (Å²) >= 11 is 0. The van der Waals surface area contributed by atoms with Crippen LogP contribution in [0.1, 0.15) is 15.9 Å². The molecule has 0 aliphatic heterocycles. The Balaban J connectivity index is 2.74. The van der Waals surface area contributed by atoms with Gasteiger partial charge >= 0.3 is 0 Å². The Morgan fingerprint density at radius 1 is 1.46 bits per heavy atom. The Labute approximate surface area is 75.8 Å². The molecule has 1 aromatic rings. The fourth-order valence-corrected chi connectivity index (χ4v) is 1.09. The molecule has 0 saturated heterocycles. The number of carbonyl (C=O) groups excluding carboxylic acids is 1. The van der Waals surface area contributed by atoms with Crippen LogP contribution in [0.3, 0.4) is 0 Å². The molecule has 0 aliphatic carbocycles. The van der Waals surface area contributed by atoms with Gasteiger partial charge in [0.25, 0.3) is 0 Å². The van der Waals surface area contributed by atoms with E-state index in [1.165, 1.54) is 0 Å². The van der Waals surface area contributed by atoms with Gasteiger partial charge in [0, 0.05) is 17.0 Å². The fraction of sp³-hybridized carbons (Fsp3) is 0.222. The highest BCUT2D eigenvalue weighted by molar-refractivity contribution is 5.77. The minimum atomic E-state index is 0.390. The van der Waals surface area contributed by atoms with Crippen LogP contribution in [0.4, 0.5) is 0 Å². The van der Waals surface area contributed by atoms with E-state index in [0.29, 0.717) is 18.5 Å². The summed E-state index contributed by atoms with van der Waals surface area (Å²) in [6.07, 6.45) is 1.42. The van der Waals surface area contributed by atoms with Gasteiger partial charge in [-0.2, -0.15) is 0 Å². The average molecular weight is 175 g/mol. The lowest BCUT2D eigenvalue weighted by Crippen LogP contribution is -1.94. The van der Waals surface area contributed by atoms with E-state index in [9.17, 15) is 4.79 Å². The average Bonchev–Trinajstić information content (AvgIpc) is 2.19. The van der Waals surface area contributed by atoms with Gasteiger partial charge in [-0.05, 0) is 17.5 Å². The molecule has 0 aliphatic rings. The van der Waals surface area contributed by atoms with E-state index < -0.39 is 0 Å². The van der Waals surface area contributed by atoms with E-state index in [4.69, 9.17) is 5.53 Å². The van der Waals surface area contributed by atoms with Gasteiger partial charge in [-0.25, -0.2) is 0 Å². The Kier molecular flexibility index (Phi) is 3.54. The standard InChI is InChI=1S/C9H9N3O/c10-12-11-6-5-8-3-1-2-4-9(8)7-13/h1-4,7H,5-6H2. The Morgan fingerprint density at radius 2 is 2.23 bits per heavy atom. The molecule has 0 spiro atoms. The van der Waals surface area contributed by atoms with Gasteiger partial charge in [-0.1, -0.05) is 29.4 Å². The number of hydrogen-bond acceptors (Lipinski definition) is 2. The first-order valence-electron chi connectivity index (χ1n) is 3.92. The second-order valence-electron chi connectivity index (χ2n) is 2.52. The first-order valence-corrected chi connectivity index (χ1v) is 3.92. The van der Waals surface area contributed by atoms with Crippen LogP contribution >= 0.6 is 0 Å². The molecule has 0 N–H and O–H groups in total. The molecule has 0 radical (unpaired) electrons. The first-order chi connectivity index (χ1) is 6.38. The summed E-state index contributed by atoms with van der Waals surface area (Å²) in [6.45, 7) is 0.390. The number of aldehydes is 1. The van der Waals surface area contributed by atoms with Crippen LogP contribution in [0.2, 0.25) is 0 Å². The quantitative estimate of drug-likeness (QED) is 0.300. The van der Waals surface area contributed by atoms with E-state index >= 15 is 0 Å². The molecule has 0 heterocycles. The topological polar surface area (TPSA) is 65.8 Å². The van der Waals surface area contributed by atoms with E-state index in [0.717, 1.165) is 11.8 Å². The Morgan fingerprint density at radius 3 is 2.92 bits per heavy atom. The maximum atomic E-state index is 10.6. The monoisotopic (exact) mass is 175 g/mol. The molecule has 0 saturated carbocycles. The van der Waals surface area contributed by atoms with Gasteiger partial charge in [0.05, 0.1) is 0 Å². The van der Waals surface area contributed by atoms with Gasteiger partial charge < -0.3 is 0 Å². The predicted molar refractivity (Wildman–Crippen MR) is 49.5 cm³/mol. The highest BCUT2D eigenvalue weighted by Gasteiger charge is 1.98. The predicted octanol–water partition coefficient (Wildman–Crippen LogP) is 2.35. The summed E-state index contributed by atoms with van der Waals surface area (Å²) in [5.74, 6) is 0. The second kappa shape index (κ2) is 4.95. The molecule has 0 bridgehead atoms. The smallest absolute Gasteiger partial charge is 0.150 e. The molecular weight excluding hydrogens is 166 g/mol. The highest BCUT2D eigenvalue weighted by atomic mass is 16.1. The van der Waals surface area contributed by atoms with Crippen LogP contribution in [0.25, 0.3) is 10.4 Å². The van der Waals surface area contributed by atoms with Crippen LogP contribution in [-0.2, 0) is 6.42 Å². The van der Waals surface area contributed by atoms with Crippen molar-refractivity contribution in [3.63, 3.8) is 0 Å². The van der Waals surface area contributed by atoms with Crippen molar-refractivity contribution in [3.8, 4) is 0 Å². The number of benzene rings is 1. The lowest BCUT2D eigenvalue weighted by Gasteiger charge is -2.00. The molecule has 0 atom stereocenters. The third kappa shape index (κ3) is 2.61. The van der Waals surface area contributed by atoms with Crippen LogP contribution in [-0.4, -0.2) is 12.8 Å². The number of azide groups is 1. The van der Waals surface area contributed by atoms with Crippen molar-refractivity contribution in [1.82, 2.24) is 0 Å². The minimum Gasteiger partial charge on any atom is -0.298 e. The van der Waals surface area contributed by atoms with Crippen molar-refractivity contribution in [2.45, 2.75) is 6.42 Å². The van der Waals surface area contributed by atoms with Gasteiger partial charge in [0.2, 0.25) is 0 Å². The van der Waals surface area contributed by atoms with Crippen LogP contribution in [0.15, 0.2) is 29.4 Å². The number of carbonyl (C=O) groups is 1. The largest absolute Gasteiger partial charge is 0.298 e. The summed E-state index contributed by atoms with van der Waals surface area (Å²) in [5, 5.41) is 3.41. The van der Waals surface area contributed by atoms with Crippen LogP contribution in [0.5, 0.6) is 0 Å². The molecule has 4 heteroatoms. The summed E-state index contributed by atoms with van der Waals surface area (Å²) in [4.78, 5) is 13.2. The molecule has 0 fully saturated rings. The van der Waals surface area contributed by atoms with Crippen LogP contribution in [0, 0.1) is 0 Å². The maximum Gasteiger partial charge on any atom is 0.150 e. The number of nitrogens with zero attached hydrogens (tertiary/aromatic N) is 3. The van der Waals surface area contributed by atoms with Gasteiger partial charge in [0.15, 0.2) is 0 Å². The summed E-state index contributed by atoms with van der Waals surface area (Å²) in [5.41, 5.74) is 9.64. The third-order valence-corrected chi connectivity index (χ3v) is 1.73. The molecule has 0 aromatic heterocycles. The summed E-state index contributed by atoms with van der Waals surface area (Å²) in [7, 11) is 0. The molecule has 4 nitrogen and oxygen atoms in total. The molecule has 1 aromatic carbocycles. The maximum absolute atomic E-state index is 10.6. The summed E-state index contributed by atoms with van der Waals surface area (Å²) < 4.78 is 0. The van der Waals surface area contributed by atoms with E-state index in [-0.39, 0.29) is 0 Å². The van der Waals surface area contributed by atoms with Gasteiger partial charge in [-0.3, -0.25) is 4.79 Å². The minimum absolute atomic E-state index is 0.390. The zero-order chi connectivity index (χ0) is 9.52. The van der Waals surface area contributed by atoms with Crippen molar-refractivity contribution in [2.75, 3.05) is 6.54 Å². The summed E-state index contributed by atoms with van der Waals surface area (Å²) in [6, 6.07) is 7.27. The van der Waals surface area contributed by atoms with E-state index in [1.54, 1.807) is 12.1 Å². The fourth-order valence-electron chi connectivity index (χ4n) is 1.09. The zero-order valence-corrected chi connectivity index (χ0v) is 7.05. The molecule has 1 rings (SSSR count). The van der Waals surface area contributed by atoms with Crippen LogP contribution < -0.4 is 0 Å². The Bertz CT molecular complexity index is 342. The molecule has 13 heavy (non-hydrogen) atoms. The van der Waals surface area contributed by atoms with Crippen molar-refractivity contribution in [1.29, 1.82) is 0 Å². The SMILES string of the molecule is [N-]=[N+]=NCCc1ccccc1C=O. The van der Waals surface area contributed by atoms with Crippen molar-refractivity contribution >= 4 is 6.29 Å². The molecular formula is C9H9N3O. The number of hydrogen-bond donors (Lipinski definition) is 0. The molecule has 0 amide bonds. The third-order valence-electron chi connectivity index (χ3n) is 1.73. The molecule has 66 valence electrons. The van der Waals surface area contributed by atoms with Crippen molar-refractivity contribution < 1.29 is 4.79 Å². The van der Waals surface area contributed by atoms with E-state index in [1.807, 2.05) is 12.1 Å². The lowest BCUT2D eigenvalue weighted by molar-refractivity contribution is 0.112. The second-order valence-corrected chi connectivity index (χ2v) is 2.52. The van der Waals surface area contributed by atoms with Gasteiger partial charge in [0.1, 0.15) is 6.29 Å². The Hall–Kier alpha value is -1.80. The first kappa shape index (κ1) is 9.29. The van der Waals surface area contributed by atoms with Crippen molar-refractivity contribution in [2.24, 2.45) is 5.11 Å². The van der Waals surface area contributed by atoms with E-state index in [2.05, 4.69) is 10.0 Å². The lowest BCUT2D eigenvalue weighted by atomic mass is 10.1. The normalized spacial score (nSPS) is 8.92. The number of rotatable bonds is 4. The van der Waals surface area contributed by atoms with Crippen molar-refractivity contribution in [3.05, 3.63) is 45.8 Å². The zero-order valence-electron chi connectivity index (χ0n) is 7.05. The molecule has 0 unspecified atom stereocenters. The van der Waals surface area contributed by atoms with Gasteiger partial charge in [-0.15, -0.1) is 0 Å².